The van der Waals surface area contributed by atoms with Crippen LogP contribution in [-0.4, -0.2) is 52.5 Å². The minimum Gasteiger partial charge on any atom is -0.480 e. The number of nitrogens with zero attached hydrogens (tertiary/aromatic N) is 2. The van der Waals surface area contributed by atoms with Crippen LogP contribution in [0.4, 0.5) is 0 Å². The van der Waals surface area contributed by atoms with Crippen LogP contribution in [0.1, 0.15) is 42.7 Å². The molecule has 120 valence electrons. The molecular weight excluding hydrogens is 300 g/mol. The van der Waals surface area contributed by atoms with E-state index in [4.69, 9.17) is 0 Å². The van der Waals surface area contributed by atoms with Gasteiger partial charge in [0, 0.05) is 11.4 Å². The van der Waals surface area contributed by atoms with Gasteiger partial charge in [-0.15, -0.1) is 11.3 Å². The van der Waals surface area contributed by atoms with Crippen LogP contribution in [0.25, 0.3) is 0 Å². The minimum atomic E-state index is -0.809. The number of rotatable bonds is 4. The van der Waals surface area contributed by atoms with Crippen LogP contribution in [0.3, 0.4) is 0 Å². The van der Waals surface area contributed by atoms with Crippen LogP contribution in [0.2, 0.25) is 0 Å². The average molecular weight is 322 g/mol. The Kier molecular flexibility index (Phi) is 4.49. The Balaban J connectivity index is 1.71. The number of thiophene rings is 1. The first-order valence-electron chi connectivity index (χ1n) is 7.94. The molecule has 0 aromatic carbocycles. The van der Waals surface area contributed by atoms with Crippen molar-refractivity contribution in [3.8, 4) is 0 Å². The lowest BCUT2D eigenvalue weighted by atomic mass is 9.97. The summed E-state index contributed by atoms with van der Waals surface area (Å²) in [5.41, 5.74) is 1.28. The molecule has 0 unspecified atom stereocenters. The van der Waals surface area contributed by atoms with E-state index < -0.39 is 12.0 Å². The van der Waals surface area contributed by atoms with Crippen molar-refractivity contribution in [2.45, 2.75) is 44.7 Å². The van der Waals surface area contributed by atoms with E-state index in [1.165, 1.54) is 10.4 Å². The predicted octanol–water partition coefficient (Wildman–Crippen LogP) is 2.13. The Morgan fingerprint density at radius 3 is 2.95 bits per heavy atom. The van der Waals surface area contributed by atoms with Gasteiger partial charge in [0.25, 0.3) is 0 Å². The molecule has 0 saturated carbocycles. The van der Waals surface area contributed by atoms with Crippen LogP contribution in [0.15, 0.2) is 11.4 Å². The number of carbonyl (C=O) groups is 2. The third kappa shape index (κ3) is 2.77. The predicted molar refractivity (Wildman–Crippen MR) is 85.0 cm³/mol. The molecule has 2 aliphatic rings. The summed E-state index contributed by atoms with van der Waals surface area (Å²) < 4.78 is 0. The highest BCUT2D eigenvalue weighted by Crippen LogP contribution is 2.35. The first kappa shape index (κ1) is 15.5. The number of hydrogen-bond acceptors (Lipinski definition) is 4. The van der Waals surface area contributed by atoms with Crippen molar-refractivity contribution >= 4 is 23.2 Å². The molecule has 1 N–H and O–H groups in total. The molecule has 1 saturated heterocycles. The molecule has 1 aromatic heterocycles. The summed E-state index contributed by atoms with van der Waals surface area (Å²) in [7, 11) is 0. The largest absolute Gasteiger partial charge is 0.480 e. The highest BCUT2D eigenvalue weighted by Gasteiger charge is 2.35. The first-order valence-corrected chi connectivity index (χ1v) is 8.82. The first-order chi connectivity index (χ1) is 10.6. The maximum absolute atomic E-state index is 12.7. The molecular formula is C16H22N2O3S. The lowest BCUT2D eigenvalue weighted by molar-refractivity contribution is -0.144. The van der Waals surface area contributed by atoms with Crippen molar-refractivity contribution in [2.75, 3.05) is 19.6 Å². The van der Waals surface area contributed by atoms with E-state index in [1.54, 1.807) is 11.3 Å². The summed E-state index contributed by atoms with van der Waals surface area (Å²) >= 11 is 1.77. The maximum Gasteiger partial charge on any atom is 0.320 e. The van der Waals surface area contributed by atoms with Gasteiger partial charge in [0.05, 0.1) is 12.6 Å². The second kappa shape index (κ2) is 6.38. The number of hydrogen-bond donors (Lipinski definition) is 1. The summed E-state index contributed by atoms with van der Waals surface area (Å²) in [5, 5.41) is 11.3. The molecule has 6 heteroatoms. The molecule has 0 bridgehead atoms. The van der Waals surface area contributed by atoms with Crippen LogP contribution in [-0.2, 0) is 16.0 Å². The highest BCUT2D eigenvalue weighted by atomic mass is 32.1. The van der Waals surface area contributed by atoms with E-state index in [9.17, 15) is 14.7 Å². The number of likely N-dealkylation sites (tertiary alicyclic amines) is 1. The normalized spacial score (nSPS) is 25.2. The molecule has 1 amide bonds. The average Bonchev–Trinajstić information content (AvgIpc) is 3.14. The molecule has 5 nitrogen and oxygen atoms in total. The zero-order valence-electron chi connectivity index (χ0n) is 12.8. The fourth-order valence-electron chi connectivity index (χ4n) is 3.69. The van der Waals surface area contributed by atoms with E-state index >= 15 is 0 Å². The molecule has 2 aliphatic heterocycles. The minimum absolute atomic E-state index is 0.0665. The van der Waals surface area contributed by atoms with Gasteiger partial charge in [-0.25, -0.2) is 0 Å². The third-order valence-electron chi connectivity index (χ3n) is 4.79. The Bertz CT molecular complexity index is 571. The number of carbonyl (C=O) groups excluding carboxylic acids is 1. The van der Waals surface area contributed by atoms with Gasteiger partial charge in [-0.3, -0.25) is 14.5 Å². The van der Waals surface area contributed by atoms with E-state index in [-0.39, 0.29) is 18.5 Å². The molecule has 0 spiro atoms. The van der Waals surface area contributed by atoms with Crippen LogP contribution in [0.5, 0.6) is 0 Å². The van der Waals surface area contributed by atoms with Gasteiger partial charge >= 0.3 is 5.97 Å². The lowest BCUT2D eigenvalue weighted by Gasteiger charge is -2.36. The summed E-state index contributed by atoms with van der Waals surface area (Å²) in [5.74, 6) is -0.743. The van der Waals surface area contributed by atoms with Gasteiger partial charge in [0.1, 0.15) is 6.04 Å². The van der Waals surface area contributed by atoms with Crippen LogP contribution >= 0.6 is 11.3 Å². The Labute approximate surface area is 134 Å². The zero-order chi connectivity index (χ0) is 15.7. The number of amides is 1. The van der Waals surface area contributed by atoms with Crippen molar-refractivity contribution in [3.05, 3.63) is 21.9 Å². The van der Waals surface area contributed by atoms with Crippen molar-refractivity contribution in [1.82, 2.24) is 9.80 Å². The smallest absolute Gasteiger partial charge is 0.320 e. The van der Waals surface area contributed by atoms with E-state index in [1.807, 2.05) is 9.80 Å². The number of aliphatic carboxylic acids is 1. The molecule has 3 heterocycles. The zero-order valence-corrected chi connectivity index (χ0v) is 13.6. The van der Waals surface area contributed by atoms with Gasteiger partial charge in [-0.05, 0) is 49.2 Å². The second-order valence-electron chi connectivity index (χ2n) is 6.03. The number of carboxylic acids is 1. The summed E-state index contributed by atoms with van der Waals surface area (Å²) in [6.07, 6.45) is 3.32. The van der Waals surface area contributed by atoms with Crippen LogP contribution in [0, 0.1) is 0 Å². The molecule has 0 radical (unpaired) electrons. The Morgan fingerprint density at radius 1 is 1.41 bits per heavy atom. The molecule has 2 atom stereocenters. The monoisotopic (exact) mass is 322 g/mol. The second-order valence-corrected chi connectivity index (χ2v) is 7.03. The van der Waals surface area contributed by atoms with Gasteiger partial charge < -0.3 is 10.0 Å². The molecule has 22 heavy (non-hydrogen) atoms. The fraction of sp³-hybridized carbons (Fsp3) is 0.625. The summed E-state index contributed by atoms with van der Waals surface area (Å²) in [6, 6.07) is 1.78. The van der Waals surface area contributed by atoms with Crippen LogP contribution < -0.4 is 0 Å². The topological polar surface area (TPSA) is 60.9 Å². The van der Waals surface area contributed by atoms with Crippen molar-refractivity contribution in [3.63, 3.8) is 0 Å². The fourth-order valence-corrected chi connectivity index (χ4v) is 4.62. The number of carboxylic acid groups (broad SMARTS) is 1. The van der Waals surface area contributed by atoms with Gasteiger partial charge in [-0.2, -0.15) is 0 Å². The highest BCUT2D eigenvalue weighted by molar-refractivity contribution is 7.10. The van der Waals surface area contributed by atoms with E-state index in [0.29, 0.717) is 13.0 Å². The SMILES string of the molecule is CC[C@@H]1c2ccsc2CCN1C(=O)CN1CCC[C@@H]1C(=O)O. The van der Waals surface area contributed by atoms with Gasteiger partial charge in [0.15, 0.2) is 0 Å². The van der Waals surface area contributed by atoms with Crippen molar-refractivity contribution < 1.29 is 14.7 Å². The van der Waals surface area contributed by atoms with E-state index in [2.05, 4.69) is 18.4 Å². The molecule has 0 aliphatic carbocycles. The van der Waals surface area contributed by atoms with Gasteiger partial charge in [0.2, 0.25) is 5.91 Å². The molecule has 3 rings (SSSR count). The van der Waals surface area contributed by atoms with Gasteiger partial charge in [-0.1, -0.05) is 6.92 Å². The lowest BCUT2D eigenvalue weighted by Crippen LogP contribution is -2.47. The third-order valence-corrected chi connectivity index (χ3v) is 5.79. The van der Waals surface area contributed by atoms with E-state index in [0.717, 1.165) is 25.8 Å². The molecule has 1 aromatic rings. The maximum atomic E-state index is 12.7. The molecule has 1 fully saturated rings. The number of fused-ring (bicyclic) bond motifs is 1. The summed E-state index contributed by atoms with van der Waals surface area (Å²) in [4.78, 5) is 29.1. The van der Waals surface area contributed by atoms with Crippen molar-refractivity contribution in [1.29, 1.82) is 0 Å². The Hall–Kier alpha value is -1.40. The standard InChI is InChI=1S/C16H22N2O3S/c1-2-12-11-6-9-22-14(11)5-8-18(12)15(19)10-17-7-3-4-13(17)16(20)21/h6,9,12-13H,2-5,7-8,10H2,1H3,(H,20,21)/t12-,13-/m1/s1. The quantitative estimate of drug-likeness (QED) is 0.922. The Morgan fingerprint density at radius 2 is 2.23 bits per heavy atom. The summed E-state index contributed by atoms with van der Waals surface area (Å²) in [6.45, 7) is 3.79. The van der Waals surface area contributed by atoms with Crippen molar-refractivity contribution in [2.24, 2.45) is 0 Å².